The van der Waals surface area contributed by atoms with E-state index in [-0.39, 0.29) is 6.10 Å². The Morgan fingerprint density at radius 1 is 1.25 bits per heavy atom. The monoisotopic (exact) mass is 174 g/mol. The van der Waals surface area contributed by atoms with Crippen molar-refractivity contribution in [2.24, 2.45) is 0 Å². The van der Waals surface area contributed by atoms with Crippen molar-refractivity contribution < 1.29 is 9.84 Å². The molecule has 0 aliphatic heterocycles. The van der Waals surface area contributed by atoms with Gasteiger partial charge in [0, 0.05) is 6.61 Å². The second-order valence-corrected chi connectivity index (χ2v) is 1.92. The van der Waals surface area contributed by atoms with E-state index in [0.717, 1.165) is 13.0 Å². The van der Waals surface area contributed by atoms with Crippen LogP contribution in [0, 0.1) is 0 Å². The summed E-state index contributed by atoms with van der Waals surface area (Å²) in [6, 6.07) is 0. The van der Waals surface area contributed by atoms with Crippen LogP contribution in [-0.2, 0) is 4.74 Å². The van der Waals surface area contributed by atoms with Crippen molar-refractivity contribution in [2.45, 2.75) is 26.4 Å². The number of hydrogen-bond acceptors (Lipinski definition) is 2. The van der Waals surface area contributed by atoms with E-state index in [2.05, 4.69) is 26.3 Å². The fourth-order valence-electron chi connectivity index (χ4n) is 0.398. The first kappa shape index (κ1) is 17.5. The molecule has 1 N–H and O–H groups in total. The molecule has 0 aromatic carbocycles. The van der Waals surface area contributed by atoms with E-state index in [1.165, 1.54) is 0 Å². The van der Waals surface area contributed by atoms with Gasteiger partial charge in [-0.1, -0.05) is 6.92 Å². The van der Waals surface area contributed by atoms with E-state index in [9.17, 15) is 0 Å². The first-order valence-electron chi connectivity index (χ1n) is 4.03. The Hall–Kier alpha value is -0.600. The Labute approximate surface area is 76.6 Å². The topological polar surface area (TPSA) is 29.5 Å². The molecule has 0 aromatic heterocycles. The van der Waals surface area contributed by atoms with Crippen molar-refractivity contribution in [1.82, 2.24) is 0 Å². The minimum atomic E-state index is -0.318. The molecule has 12 heavy (non-hydrogen) atoms. The predicted molar refractivity (Wildman–Crippen MR) is 55.3 cm³/mol. The van der Waals surface area contributed by atoms with Gasteiger partial charge in [0.1, 0.15) is 0 Å². The van der Waals surface area contributed by atoms with Crippen LogP contribution in [0.2, 0.25) is 0 Å². The molecule has 0 bridgehead atoms. The summed E-state index contributed by atoms with van der Waals surface area (Å²) < 4.78 is 4.99. The van der Waals surface area contributed by atoms with Crippen molar-refractivity contribution in [3.8, 4) is 0 Å². The summed E-state index contributed by atoms with van der Waals surface area (Å²) in [5, 5.41) is 8.65. The number of rotatable bonds is 4. The smallest absolute Gasteiger partial charge is 0.0745 e. The van der Waals surface area contributed by atoms with Crippen LogP contribution in [0.25, 0.3) is 0 Å². The normalized spacial score (nSPS) is 9.92. The SMILES string of the molecule is C=C.C=C.CCCOCC(C)O. The highest BCUT2D eigenvalue weighted by Crippen LogP contribution is 1.83. The molecular formula is C10H22O2. The molecule has 0 fully saturated rings. The van der Waals surface area contributed by atoms with E-state index in [1.54, 1.807) is 6.92 Å². The maximum atomic E-state index is 8.65. The minimum absolute atomic E-state index is 0.318. The second-order valence-electron chi connectivity index (χ2n) is 1.92. The molecule has 0 saturated heterocycles. The predicted octanol–water partition coefficient (Wildman–Crippen LogP) is 2.40. The Balaban J connectivity index is -0.000000175. The lowest BCUT2D eigenvalue weighted by atomic mass is 10.4. The number of aliphatic hydroxyl groups excluding tert-OH is 1. The highest BCUT2D eigenvalue weighted by molar-refractivity contribution is 4.39. The van der Waals surface area contributed by atoms with Gasteiger partial charge in [-0.25, -0.2) is 0 Å². The second kappa shape index (κ2) is 22.4. The molecule has 0 aromatic rings. The molecule has 0 saturated carbocycles. The summed E-state index contributed by atoms with van der Waals surface area (Å²) in [6.07, 6.45) is 0.703. The molecule has 2 nitrogen and oxygen atoms in total. The zero-order valence-corrected chi connectivity index (χ0v) is 8.38. The molecule has 0 radical (unpaired) electrons. The van der Waals surface area contributed by atoms with Crippen LogP contribution < -0.4 is 0 Å². The maximum absolute atomic E-state index is 8.65. The summed E-state index contributed by atoms with van der Waals surface area (Å²) in [5.41, 5.74) is 0. The standard InChI is InChI=1S/C6H14O2.2C2H4/c1-3-4-8-5-6(2)7;2*1-2/h6-7H,3-5H2,1-2H3;2*1-2H2. The molecule has 74 valence electrons. The third-order valence-corrected chi connectivity index (χ3v) is 0.708. The van der Waals surface area contributed by atoms with Gasteiger partial charge in [-0.3, -0.25) is 0 Å². The lowest BCUT2D eigenvalue weighted by Gasteiger charge is -2.02. The zero-order chi connectivity index (χ0) is 10.4. The van der Waals surface area contributed by atoms with Gasteiger partial charge in [-0.05, 0) is 13.3 Å². The van der Waals surface area contributed by atoms with Gasteiger partial charge in [-0.15, -0.1) is 26.3 Å². The van der Waals surface area contributed by atoms with E-state index >= 15 is 0 Å². The Kier molecular flexibility index (Phi) is 32.7. The van der Waals surface area contributed by atoms with Gasteiger partial charge in [0.25, 0.3) is 0 Å². The Morgan fingerprint density at radius 2 is 1.67 bits per heavy atom. The van der Waals surface area contributed by atoms with Gasteiger partial charge in [0.15, 0.2) is 0 Å². The zero-order valence-electron chi connectivity index (χ0n) is 8.38. The largest absolute Gasteiger partial charge is 0.391 e. The lowest BCUT2D eigenvalue weighted by molar-refractivity contribution is 0.0466. The first-order valence-corrected chi connectivity index (χ1v) is 4.03. The van der Waals surface area contributed by atoms with Crippen LogP contribution in [0.3, 0.4) is 0 Å². The van der Waals surface area contributed by atoms with Crippen LogP contribution in [0.5, 0.6) is 0 Å². The van der Waals surface area contributed by atoms with Crippen LogP contribution in [0.15, 0.2) is 26.3 Å². The van der Waals surface area contributed by atoms with E-state index in [4.69, 9.17) is 9.84 Å². The third-order valence-electron chi connectivity index (χ3n) is 0.708. The molecule has 0 spiro atoms. The number of aliphatic hydroxyl groups is 1. The summed E-state index contributed by atoms with van der Waals surface area (Å²) in [4.78, 5) is 0. The minimum Gasteiger partial charge on any atom is -0.391 e. The van der Waals surface area contributed by atoms with Gasteiger partial charge in [0.2, 0.25) is 0 Å². The first-order chi connectivity index (χ1) is 5.77. The average molecular weight is 174 g/mol. The summed E-state index contributed by atoms with van der Waals surface area (Å²) in [7, 11) is 0. The molecule has 1 unspecified atom stereocenters. The highest BCUT2D eigenvalue weighted by atomic mass is 16.5. The quantitative estimate of drug-likeness (QED) is 0.524. The Bertz CT molecular complexity index is 60.9. The molecular weight excluding hydrogens is 152 g/mol. The van der Waals surface area contributed by atoms with Crippen LogP contribution >= 0.6 is 0 Å². The molecule has 0 amide bonds. The molecule has 1 atom stereocenters. The summed E-state index contributed by atoms with van der Waals surface area (Å²) >= 11 is 0. The third kappa shape index (κ3) is 34.3. The van der Waals surface area contributed by atoms with Crippen molar-refractivity contribution in [1.29, 1.82) is 0 Å². The Morgan fingerprint density at radius 3 is 1.92 bits per heavy atom. The number of ether oxygens (including phenoxy) is 1. The van der Waals surface area contributed by atoms with Crippen molar-refractivity contribution >= 4 is 0 Å². The van der Waals surface area contributed by atoms with E-state index in [0.29, 0.717) is 6.61 Å². The fraction of sp³-hybridized carbons (Fsp3) is 0.600. The average Bonchev–Trinajstić information content (AvgIpc) is 2.12. The summed E-state index contributed by atoms with van der Waals surface area (Å²) in [6.45, 7) is 17.0. The molecule has 2 heteroatoms. The van der Waals surface area contributed by atoms with E-state index < -0.39 is 0 Å². The van der Waals surface area contributed by atoms with Gasteiger partial charge >= 0.3 is 0 Å². The van der Waals surface area contributed by atoms with Crippen molar-refractivity contribution in [3.63, 3.8) is 0 Å². The maximum Gasteiger partial charge on any atom is 0.0745 e. The molecule has 0 heterocycles. The molecule has 0 rings (SSSR count). The lowest BCUT2D eigenvalue weighted by Crippen LogP contribution is -2.10. The van der Waals surface area contributed by atoms with Crippen LogP contribution in [0.4, 0.5) is 0 Å². The van der Waals surface area contributed by atoms with Crippen molar-refractivity contribution in [2.75, 3.05) is 13.2 Å². The van der Waals surface area contributed by atoms with E-state index in [1.807, 2.05) is 6.92 Å². The number of hydrogen-bond donors (Lipinski definition) is 1. The summed E-state index contributed by atoms with van der Waals surface area (Å²) in [5.74, 6) is 0. The fourth-order valence-corrected chi connectivity index (χ4v) is 0.398. The van der Waals surface area contributed by atoms with Gasteiger partial charge in [0.05, 0.1) is 12.7 Å². The highest BCUT2D eigenvalue weighted by Gasteiger charge is 1.91. The van der Waals surface area contributed by atoms with Gasteiger partial charge in [-0.2, -0.15) is 0 Å². The van der Waals surface area contributed by atoms with Crippen LogP contribution in [-0.4, -0.2) is 24.4 Å². The van der Waals surface area contributed by atoms with Crippen molar-refractivity contribution in [3.05, 3.63) is 26.3 Å². The van der Waals surface area contributed by atoms with Crippen LogP contribution in [0.1, 0.15) is 20.3 Å². The van der Waals surface area contributed by atoms with Gasteiger partial charge < -0.3 is 9.84 Å². The molecule has 0 aliphatic rings. The molecule has 0 aliphatic carbocycles.